The minimum absolute atomic E-state index is 0.0666. The average molecular weight is 270 g/mol. The molecule has 18 heavy (non-hydrogen) atoms. The van der Waals surface area contributed by atoms with Crippen LogP contribution in [0.1, 0.15) is 39.6 Å². The fourth-order valence-electron chi connectivity index (χ4n) is 2.05. The number of amides is 1. The largest absolute Gasteiger partial charge is 0.476 e. The molecule has 98 valence electrons. The summed E-state index contributed by atoms with van der Waals surface area (Å²) in [5.41, 5.74) is -0.110. The number of hydrogen-bond donors (Lipinski definition) is 2. The number of carbonyl (C=O) groups is 2. The Morgan fingerprint density at radius 3 is 2.89 bits per heavy atom. The van der Waals surface area contributed by atoms with Crippen molar-refractivity contribution in [2.45, 2.75) is 25.3 Å². The van der Waals surface area contributed by atoms with E-state index in [1.807, 2.05) is 0 Å². The number of carbonyl (C=O) groups excluding carboxylic acids is 1. The molecule has 7 heteroatoms. The van der Waals surface area contributed by atoms with Crippen LogP contribution in [0.3, 0.4) is 0 Å². The summed E-state index contributed by atoms with van der Waals surface area (Å²) >= 11 is 1.03. The molecule has 2 rings (SSSR count). The molecule has 1 aromatic heterocycles. The normalized spacial score (nSPS) is 19.8. The van der Waals surface area contributed by atoms with Crippen LogP contribution in [0.15, 0.2) is 5.38 Å². The van der Waals surface area contributed by atoms with Gasteiger partial charge in [-0.05, 0) is 19.3 Å². The molecule has 2 heterocycles. The smallest absolute Gasteiger partial charge is 0.355 e. The third-order valence-electron chi connectivity index (χ3n) is 3.01. The van der Waals surface area contributed by atoms with Crippen molar-refractivity contribution in [3.63, 3.8) is 0 Å². The minimum atomic E-state index is -1.14. The van der Waals surface area contributed by atoms with Crippen molar-refractivity contribution in [3.8, 4) is 0 Å². The van der Waals surface area contributed by atoms with Crippen LogP contribution < -0.4 is 0 Å². The molecule has 0 aliphatic carbocycles. The lowest BCUT2D eigenvalue weighted by atomic mass is 10.0. The van der Waals surface area contributed by atoms with Crippen LogP contribution in [0.5, 0.6) is 0 Å². The monoisotopic (exact) mass is 270 g/mol. The van der Waals surface area contributed by atoms with E-state index in [0.717, 1.165) is 30.6 Å². The maximum absolute atomic E-state index is 12.2. The van der Waals surface area contributed by atoms with Crippen molar-refractivity contribution >= 4 is 23.2 Å². The van der Waals surface area contributed by atoms with E-state index in [4.69, 9.17) is 5.11 Å². The van der Waals surface area contributed by atoms with Gasteiger partial charge in [0.2, 0.25) is 0 Å². The van der Waals surface area contributed by atoms with E-state index >= 15 is 0 Å². The molecule has 0 saturated carbocycles. The third kappa shape index (κ3) is 2.51. The molecule has 0 spiro atoms. The van der Waals surface area contributed by atoms with Crippen molar-refractivity contribution < 1.29 is 19.8 Å². The molecule has 1 aliphatic heterocycles. The van der Waals surface area contributed by atoms with E-state index in [1.54, 1.807) is 4.90 Å². The highest BCUT2D eigenvalue weighted by Gasteiger charge is 2.28. The highest BCUT2D eigenvalue weighted by Crippen LogP contribution is 2.21. The summed E-state index contributed by atoms with van der Waals surface area (Å²) < 4.78 is 0. The van der Waals surface area contributed by atoms with Gasteiger partial charge >= 0.3 is 5.97 Å². The van der Waals surface area contributed by atoms with E-state index < -0.39 is 5.97 Å². The summed E-state index contributed by atoms with van der Waals surface area (Å²) in [6.07, 6.45) is 2.67. The zero-order valence-corrected chi connectivity index (χ0v) is 10.5. The SMILES string of the molecule is O=C(O)c1csc(C(=O)N2CCCCC2CO)n1. The van der Waals surface area contributed by atoms with Crippen molar-refractivity contribution in [2.24, 2.45) is 0 Å². The van der Waals surface area contributed by atoms with Gasteiger partial charge in [-0.15, -0.1) is 11.3 Å². The molecule has 2 N–H and O–H groups in total. The lowest BCUT2D eigenvalue weighted by Gasteiger charge is -2.33. The molecular formula is C11H14N2O4S. The quantitative estimate of drug-likeness (QED) is 0.849. The lowest BCUT2D eigenvalue weighted by Crippen LogP contribution is -2.45. The van der Waals surface area contributed by atoms with Crippen molar-refractivity contribution in [1.82, 2.24) is 9.88 Å². The molecule has 6 nitrogen and oxygen atoms in total. The Bertz CT molecular complexity index is 460. The van der Waals surface area contributed by atoms with Crippen LogP contribution in [-0.4, -0.2) is 51.2 Å². The Morgan fingerprint density at radius 1 is 1.50 bits per heavy atom. The van der Waals surface area contributed by atoms with Gasteiger partial charge in [0, 0.05) is 11.9 Å². The number of rotatable bonds is 3. The van der Waals surface area contributed by atoms with Gasteiger partial charge in [0.05, 0.1) is 12.6 Å². The van der Waals surface area contributed by atoms with Gasteiger partial charge in [0.15, 0.2) is 10.7 Å². The first-order valence-corrected chi connectivity index (χ1v) is 6.62. The fourth-order valence-corrected chi connectivity index (χ4v) is 2.80. The first-order valence-electron chi connectivity index (χ1n) is 5.74. The van der Waals surface area contributed by atoms with Crippen LogP contribution in [-0.2, 0) is 0 Å². The van der Waals surface area contributed by atoms with Gasteiger partial charge in [-0.2, -0.15) is 0 Å². The Kier molecular flexibility index (Phi) is 3.93. The first-order chi connectivity index (χ1) is 8.63. The molecule has 1 atom stereocenters. The zero-order chi connectivity index (χ0) is 13.1. The molecule has 1 amide bonds. The van der Waals surface area contributed by atoms with Crippen LogP contribution in [0.2, 0.25) is 0 Å². The second kappa shape index (κ2) is 5.45. The molecule has 0 radical (unpaired) electrons. The Hall–Kier alpha value is -1.47. The summed E-state index contributed by atoms with van der Waals surface area (Å²) in [6, 6.07) is -0.177. The number of carboxylic acid groups (broad SMARTS) is 1. The molecule has 0 aromatic carbocycles. The van der Waals surface area contributed by atoms with Crippen molar-refractivity contribution in [1.29, 1.82) is 0 Å². The third-order valence-corrected chi connectivity index (χ3v) is 3.84. The topological polar surface area (TPSA) is 90.7 Å². The second-order valence-corrected chi connectivity index (χ2v) is 5.03. The molecular weight excluding hydrogens is 256 g/mol. The Labute approximate surface area is 108 Å². The summed E-state index contributed by atoms with van der Waals surface area (Å²) in [7, 11) is 0. The number of aliphatic hydroxyl groups excluding tert-OH is 1. The van der Waals surface area contributed by atoms with E-state index in [1.165, 1.54) is 5.38 Å². The van der Waals surface area contributed by atoms with Crippen LogP contribution in [0.25, 0.3) is 0 Å². The lowest BCUT2D eigenvalue weighted by molar-refractivity contribution is 0.0502. The first kappa shape index (κ1) is 13.0. The van der Waals surface area contributed by atoms with E-state index in [0.29, 0.717) is 6.54 Å². The number of piperidine rings is 1. The minimum Gasteiger partial charge on any atom is -0.476 e. The molecule has 1 saturated heterocycles. The van der Waals surface area contributed by atoms with Gasteiger partial charge in [0.1, 0.15) is 0 Å². The molecule has 1 aliphatic rings. The van der Waals surface area contributed by atoms with Crippen LogP contribution >= 0.6 is 11.3 Å². The number of carboxylic acids is 1. The number of aliphatic hydroxyl groups is 1. The Balaban J connectivity index is 2.15. The standard InChI is InChI=1S/C11H14N2O4S/c14-5-7-3-1-2-4-13(7)10(15)9-12-8(6-18-9)11(16)17/h6-7,14H,1-5H2,(H,16,17). The van der Waals surface area contributed by atoms with E-state index in [2.05, 4.69) is 4.98 Å². The van der Waals surface area contributed by atoms with Gasteiger partial charge < -0.3 is 15.1 Å². The number of aromatic nitrogens is 1. The van der Waals surface area contributed by atoms with Gasteiger partial charge in [-0.25, -0.2) is 9.78 Å². The zero-order valence-electron chi connectivity index (χ0n) is 9.70. The highest BCUT2D eigenvalue weighted by atomic mass is 32.1. The molecule has 1 unspecified atom stereocenters. The van der Waals surface area contributed by atoms with Crippen LogP contribution in [0, 0.1) is 0 Å². The number of thiazole rings is 1. The summed E-state index contributed by atoms with van der Waals surface area (Å²) in [6.45, 7) is 0.523. The predicted molar refractivity (Wildman–Crippen MR) is 64.8 cm³/mol. The number of likely N-dealkylation sites (tertiary alicyclic amines) is 1. The van der Waals surface area contributed by atoms with Gasteiger partial charge in [0.25, 0.3) is 5.91 Å². The summed E-state index contributed by atoms with van der Waals surface area (Å²) in [5, 5.41) is 19.5. The highest BCUT2D eigenvalue weighted by molar-refractivity contribution is 7.11. The number of hydrogen-bond acceptors (Lipinski definition) is 5. The maximum atomic E-state index is 12.2. The second-order valence-electron chi connectivity index (χ2n) is 4.17. The number of nitrogens with zero attached hydrogens (tertiary/aromatic N) is 2. The molecule has 1 fully saturated rings. The van der Waals surface area contributed by atoms with Crippen molar-refractivity contribution in [2.75, 3.05) is 13.2 Å². The average Bonchev–Trinajstić information content (AvgIpc) is 2.87. The summed E-state index contributed by atoms with van der Waals surface area (Å²) in [4.78, 5) is 28.3. The van der Waals surface area contributed by atoms with Gasteiger partial charge in [-0.3, -0.25) is 4.79 Å². The van der Waals surface area contributed by atoms with E-state index in [9.17, 15) is 14.7 Å². The van der Waals surface area contributed by atoms with Crippen LogP contribution in [0.4, 0.5) is 0 Å². The van der Waals surface area contributed by atoms with Crippen molar-refractivity contribution in [3.05, 3.63) is 16.1 Å². The number of aromatic carboxylic acids is 1. The van der Waals surface area contributed by atoms with E-state index in [-0.39, 0.29) is 29.3 Å². The fraction of sp³-hybridized carbons (Fsp3) is 0.545. The Morgan fingerprint density at radius 2 is 2.28 bits per heavy atom. The van der Waals surface area contributed by atoms with Gasteiger partial charge in [-0.1, -0.05) is 0 Å². The predicted octanol–water partition coefficient (Wildman–Crippen LogP) is 0.828. The molecule has 1 aromatic rings. The maximum Gasteiger partial charge on any atom is 0.355 e. The summed E-state index contributed by atoms with van der Waals surface area (Å²) in [5.74, 6) is -1.42. The molecule has 0 bridgehead atoms.